The number of allylic oxidation sites excluding steroid dienone is 36. The summed E-state index contributed by atoms with van der Waals surface area (Å²) in [6.07, 6.45) is 112. The van der Waals surface area contributed by atoms with E-state index in [1.54, 1.807) is 0 Å². The first-order chi connectivity index (χ1) is 54.2. The van der Waals surface area contributed by atoms with Gasteiger partial charge < -0.3 is 34.2 Å². The largest absolute Gasteiger partial charge is 0.472 e. The second-order valence-electron chi connectivity index (χ2n) is 27.1. The Kier molecular flexibility index (Phi) is 78.7. The molecule has 111 heavy (non-hydrogen) atoms. The van der Waals surface area contributed by atoms with Crippen LogP contribution >= 0.6 is 15.6 Å². The fraction of sp³-hybridized carbons (Fsp3) is 0.581. The van der Waals surface area contributed by atoms with Gasteiger partial charge in [-0.1, -0.05) is 317 Å². The fourth-order valence-corrected chi connectivity index (χ4v) is 12.0. The summed E-state index contributed by atoms with van der Waals surface area (Å²) in [6.45, 7) is 2.27. The van der Waals surface area contributed by atoms with Crippen LogP contribution in [0.4, 0.5) is 0 Å². The molecule has 0 bridgehead atoms. The molecule has 626 valence electrons. The molecule has 5 unspecified atom stereocenters. The zero-order chi connectivity index (χ0) is 80.8. The highest BCUT2D eigenvalue weighted by Gasteiger charge is 2.29. The van der Waals surface area contributed by atoms with Crippen LogP contribution < -0.4 is 0 Å². The van der Waals surface area contributed by atoms with Crippen LogP contribution in [0.15, 0.2) is 219 Å². The van der Waals surface area contributed by atoms with E-state index in [2.05, 4.69) is 240 Å². The molecule has 0 aromatic carbocycles. The third-order valence-corrected chi connectivity index (χ3v) is 18.6. The molecule has 18 heteroatoms. The third kappa shape index (κ3) is 84.6. The second-order valence-corrected chi connectivity index (χ2v) is 30.0. The maximum Gasteiger partial charge on any atom is 0.472 e. The molecule has 0 aliphatic rings. The average molecular weight is 1580 g/mol. The summed E-state index contributed by atoms with van der Waals surface area (Å²) in [7, 11) is -9.84. The van der Waals surface area contributed by atoms with Gasteiger partial charge in [0.25, 0.3) is 0 Å². The number of aliphatic hydroxyl groups is 2. The number of phosphoric acid groups is 2. The number of unbranched alkanes of at least 4 members (excludes halogenated alkanes) is 18. The molecule has 0 amide bonds. The Bertz CT molecular complexity index is 2900. The van der Waals surface area contributed by atoms with Gasteiger partial charge in [-0.2, -0.15) is 0 Å². The van der Waals surface area contributed by atoms with E-state index in [1.807, 2.05) is 0 Å². The highest BCUT2D eigenvalue weighted by Crippen LogP contribution is 2.45. The van der Waals surface area contributed by atoms with E-state index in [0.717, 1.165) is 231 Å². The topological polar surface area (TPSA) is 231 Å². The molecular weight excluding hydrogens is 1430 g/mol. The maximum atomic E-state index is 13.1. The van der Waals surface area contributed by atoms with Crippen LogP contribution in [0, 0.1) is 0 Å². The molecule has 16 nitrogen and oxygen atoms in total. The molecule has 0 heterocycles. The summed E-state index contributed by atoms with van der Waals surface area (Å²) in [5, 5.41) is 20.7. The van der Waals surface area contributed by atoms with Crippen LogP contribution in [-0.2, 0) is 55.8 Å². The van der Waals surface area contributed by atoms with Crippen LogP contribution in [0.1, 0.15) is 290 Å². The summed E-state index contributed by atoms with van der Waals surface area (Å²) in [5.41, 5.74) is 0. The van der Waals surface area contributed by atoms with Crippen molar-refractivity contribution < 1.29 is 75.8 Å². The smallest absolute Gasteiger partial charge is 0.463 e. The van der Waals surface area contributed by atoms with Crippen molar-refractivity contribution in [2.45, 2.75) is 309 Å². The number of hydrogen-bond donors (Lipinski definition) is 4. The first-order valence-corrected chi connectivity index (χ1v) is 45.0. The molecular formula is C93H148O16P2. The lowest BCUT2D eigenvalue weighted by atomic mass is 10.1. The molecule has 5 atom stereocenters. The normalized spacial score (nSPS) is 15.0. The van der Waals surface area contributed by atoms with Gasteiger partial charge in [-0.3, -0.25) is 32.5 Å². The lowest BCUT2D eigenvalue weighted by Gasteiger charge is -2.21. The van der Waals surface area contributed by atoms with Crippen LogP contribution in [0.3, 0.4) is 0 Å². The first kappa shape index (κ1) is 105. The van der Waals surface area contributed by atoms with Gasteiger partial charge in [0, 0.05) is 19.3 Å². The fourth-order valence-electron chi connectivity index (χ4n) is 10.4. The van der Waals surface area contributed by atoms with Crippen molar-refractivity contribution in [3.63, 3.8) is 0 Å². The molecule has 0 aliphatic carbocycles. The first-order valence-electron chi connectivity index (χ1n) is 42.0. The molecule has 0 fully saturated rings. The minimum atomic E-state index is -4.96. The number of hydrogen-bond acceptors (Lipinski definition) is 14. The van der Waals surface area contributed by atoms with Gasteiger partial charge in [0.2, 0.25) is 0 Å². The number of rotatable bonds is 77. The van der Waals surface area contributed by atoms with Gasteiger partial charge in [-0.05, 0) is 173 Å². The predicted octanol–water partition coefficient (Wildman–Crippen LogP) is 25.4. The number of esters is 3. The van der Waals surface area contributed by atoms with Crippen LogP contribution in [0.5, 0.6) is 0 Å². The molecule has 0 radical (unpaired) electrons. The van der Waals surface area contributed by atoms with Gasteiger partial charge in [0.05, 0.1) is 26.4 Å². The Labute approximate surface area is 672 Å². The lowest BCUT2D eigenvalue weighted by molar-refractivity contribution is -0.161. The molecule has 0 rings (SSSR count). The Morgan fingerprint density at radius 2 is 0.450 bits per heavy atom. The van der Waals surface area contributed by atoms with E-state index < -0.39 is 91.5 Å². The van der Waals surface area contributed by atoms with E-state index in [-0.39, 0.29) is 19.3 Å². The minimum Gasteiger partial charge on any atom is -0.463 e. The van der Waals surface area contributed by atoms with Crippen LogP contribution in [-0.4, -0.2) is 95.9 Å². The number of ether oxygens (including phenoxy) is 3. The summed E-state index contributed by atoms with van der Waals surface area (Å²) >= 11 is 0. The van der Waals surface area contributed by atoms with E-state index in [9.17, 15) is 43.5 Å². The standard InChI is InChI=1S/C93H148O16P2/c1-4-7-10-13-16-19-22-25-28-31-34-37-40-43-46-49-52-55-58-61-64-67-70-73-76-79-91(96)103-82-88(94)83-105-110(99,100)106-84-89(95)85-107-111(101,102)108-87-90(109-93(98)81-78-75-72-69-66-63-60-57-54-51-48-45-42-39-36-33-30-27-24-21-18-15-12-9-6-3)86-104-92(97)80-77-74-71-68-65-62-59-56-53-50-47-44-41-38-35-32-29-26-23-20-17-14-11-8-5-2/h7-12,16-21,25-30,34-39,43-48,52-57,88-90,94-95H,4-6,13-15,22-24,31-33,40-42,49-51,58-87H2,1-3H3,(H,99,100)(H,101,102)/b10-7-,11-8-,12-9-,19-16-,20-17-,21-18-,28-25-,29-26-,30-27-,37-34-,38-35-,39-36-,46-43-,47-44-,48-45-,55-52-,56-53-,57-54-. The highest BCUT2D eigenvalue weighted by molar-refractivity contribution is 7.47. The molecule has 0 aromatic heterocycles. The Morgan fingerprint density at radius 1 is 0.252 bits per heavy atom. The minimum absolute atomic E-state index is 0.0729. The highest BCUT2D eigenvalue weighted by atomic mass is 31.2. The number of carbonyl (C=O) groups excluding carboxylic acids is 3. The van der Waals surface area contributed by atoms with E-state index >= 15 is 0 Å². The van der Waals surface area contributed by atoms with E-state index in [0.29, 0.717) is 19.3 Å². The maximum absolute atomic E-state index is 13.1. The summed E-state index contributed by atoms with van der Waals surface area (Å²) in [5.74, 6) is -1.64. The summed E-state index contributed by atoms with van der Waals surface area (Å²) in [4.78, 5) is 58.9. The van der Waals surface area contributed by atoms with Gasteiger partial charge in [0.1, 0.15) is 25.4 Å². The lowest BCUT2D eigenvalue weighted by Crippen LogP contribution is -2.30. The summed E-state index contributed by atoms with van der Waals surface area (Å²) < 4.78 is 61.3. The second kappa shape index (κ2) is 83.3. The van der Waals surface area contributed by atoms with Crippen molar-refractivity contribution in [1.82, 2.24) is 0 Å². The van der Waals surface area contributed by atoms with Crippen molar-refractivity contribution in [2.24, 2.45) is 0 Å². The average Bonchev–Trinajstić information content (AvgIpc) is 0.900. The Hall–Kier alpha value is -6.13. The van der Waals surface area contributed by atoms with Crippen molar-refractivity contribution in [3.8, 4) is 0 Å². The number of carbonyl (C=O) groups is 3. The van der Waals surface area contributed by atoms with Gasteiger partial charge in [0.15, 0.2) is 6.10 Å². The Morgan fingerprint density at radius 3 is 0.712 bits per heavy atom. The van der Waals surface area contributed by atoms with Gasteiger partial charge >= 0.3 is 33.6 Å². The third-order valence-electron chi connectivity index (χ3n) is 16.7. The molecule has 0 saturated heterocycles. The van der Waals surface area contributed by atoms with Crippen molar-refractivity contribution >= 4 is 33.6 Å². The zero-order valence-electron chi connectivity index (χ0n) is 68.5. The molecule has 0 aliphatic heterocycles. The SMILES string of the molecule is CC/C=C\C/C=C\C/C=C\C/C=C\C/C=C\C/C=C\CCCCCCCCC(=O)OCC(O)COP(=O)(O)OCC(O)COP(=O)(O)OCC(COC(=O)CCCCCCCC/C=C\C/C=C\C/C=C\C/C=C\C/C=C\C/C=C\CC)OC(=O)CCCCCCCC/C=C\C/C=C\C/C=C\C/C=C\C/C=C\C/C=C\CC. The van der Waals surface area contributed by atoms with Crippen LogP contribution in [0.2, 0.25) is 0 Å². The zero-order valence-corrected chi connectivity index (χ0v) is 70.3. The van der Waals surface area contributed by atoms with Gasteiger partial charge in [-0.25, -0.2) is 9.13 Å². The molecule has 0 saturated carbocycles. The quantitative estimate of drug-likeness (QED) is 0.0146. The number of phosphoric ester groups is 2. The van der Waals surface area contributed by atoms with Crippen molar-refractivity contribution in [2.75, 3.05) is 39.6 Å². The van der Waals surface area contributed by atoms with Gasteiger partial charge in [-0.15, -0.1) is 0 Å². The molecule has 0 aromatic rings. The summed E-state index contributed by atoms with van der Waals surface area (Å²) in [6, 6.07) is 0. The Balaban J connectivity index is 4.80. The van der Waals surface area contributed by atoms with E-state index in [4.69, 9.17) is 32.3 Å². The van der Waals surface area contributed by atoms with Crippen LogP contribution in [0.25, 0.3) is 0 Å². The molecule has 0 spiro atoms. The van der Waals surface area contributed by atoms with Crippen molar-refractivity contribution in [1.29, 1.82) is 0 Å². The predicted molar refractivity (Wildman–Crippen MR) is 463 cm³/mol. The molecule has 4 N–H and O–H groups in total. The van der Waals surface area contributed by atoms with E-state index in [1.165, 1.54) is 0 Å². The number of aliphatic hydroxyl groups excluding tert-OH is 2. The monoisotopic (exact) mass is 1580 g/mol. The van der Waals surface area contributed by atoms with Crippen molar-refractivity contribution in [3.05, 3.63) is 219 Å².